The second-order valence-electron chi connectivity index (χ2n) is 6.94. The van der Waals surface area contributed by atoms with Crippen molar-refractivity contribution in [2.24, 2.45) is 0 Å². The normalized spacial score (nSPS) is 19.3. The Labute approximate surface area is 148 Å². The molecule has 1 atom stereocenters. The first-order valence-electron chi connectivity index (χ1n) is 8.45. The summed E-state index contributed by atoms with van der Waals surface area (Å²) in [6.07, 6.45) is 1.65. The SMILES string of the molecule is Cc1ccnc(N2CC(COc3ccccc3)OC(C)(C)C2)c1C#N. The van der Waals surface area contributed by atoms with Gasteiger partial charge in [0.1, 0.15) is 30.3 Å². The predicted molar refractivity (Wildman–Crippen MR) is 96.8 cm³/mol. The van der Waals surface area contributed by atoms with Crippen molar-refractivity contribution in [2.75, 3.05) is 24.6 Å². The number of aryl methyl sites for hydroxylation is 1. The van der Waals surface area contributed by atoms with Gasteiger partial charge in [0.2, 0.25) is 0 Å². The zero-order valence-corrected chi connectivity index (χ0v) is 14.9. The van der Waals surface area contributed by atoms with E-state index in [1.165, 1.54) is 0 Å². The van der Waals surface area contributed by atoms with Crippen molar-refractivity contribution >= 4 is 5.82 Å². The van der Waals surface area contributed by atoms with Gasteiger partial charge in [-0.3, -0.25) is 0 Å². The topological polar surface area (TPSA) is 58.4 Å². The van der Waals surface area contributed by atoms with E-state index in [1.54, 1.807) is 6.20 Å². The highest BCUT2D eigenvalue weighted by Gasteiger charge is 2.35. The first-order chi connectivity index (χ1) is 12.0. The minimum absolute atomic E-state index is 0.0992. The van der Waals surface area contributed by atoms with E-state index < -0.39 is 0 Å². The summed E-state index contributed by atoms with van der Waals surface area (Å²) in [7, 11) is 0. The van der Waals surface area contributed by atoms with Crippen LogP contribution in [0, 0.1) is 18.3 Å². The smallest absolute Gasteiger partial charge is 0.146 e. The molecule has 1 unspecified atom stereocenters. The molecule has 130 valence electrons. The van der Waals surface area contributed by atoms with Gasteiger partial charge in [-0.25, -0.2) is 4.98 Å². The van der Waals surface area contributed by atoms with Crippen LogP contribution in [0.5, 0.6) is 5.75 Å². The van der Waals surface area contributed by atoms with Crippen molar-refractivity contribution < 1.29 is 9.47 Å². The maximum absolute atomic E-state index is 9.51. The van der Waals surface area contributed by atoms with Gasteiger partial charge in [0, 0.05) is 19.3 Å². The molecule has 25 heavy (non-hydrogen) atoms. The van der Waals surface area contributed by atoms with Crippen LogP contribution in [0.2, 0.25) is 0 Å². The zero-order valence-electron chi connectivity index (χ0n) is 14.9. The summed E-state index contributed by atoms with van der Waals surface area (Å²) in [6.45, 7) is 7.82. The van der Waals surface area contributed by atoms with E-state index >= 15 is 0 Å². The molecule has 5 heteroatoms. The lowest BCUT2D eigenvalue weighted by atomic mass is 10.0. The monoisotopic (exact) mass is 337 g/mol. The Bertz CT molecular complexity index is 768. The summed E-state index contributed by atoms with van der Waals surface area (Å²) in [5.41, 5.74) is 1.22. The zero-order chi connectivity index (χ0) is 17.9. The maximum Gasteiger partial charge on any atom is 0.146 e. The van der Waals surface area contributed by atoms with Crippen LogP contribution in [0.15, 0.2) is 42.6 Å². The number of rotatable bonds is 4. The first-order valence-corrected chi connectivity index (χ1v) is 8.45. The van der Waals surface area contributed by atoms with Crippen LogP contribution in [0.4, 0.5) is 5.82 Å². The van der Waals surface area contributed by atoms with Crippen molar-refractivity contribution in [3.63, 3.8) is 0 Å². The number of ether oxygens (including phenoxy) is 2. The van der Waals surface area contributed by atoms with Crippen LogP contribution >= 0.6 is 0 Å². The van der Waals surface area contributed by atoms with E-state index in [0.29, 0.717) is 25.3 Å². The Morgan fingerprint density at radius 3 is 2.80 bits per heavy atom. The Balaban J connectivity index is 1.77. The van der Waals surface area contributed by atoms with Crippen molar-refractivity contribution in [3.05, 3.63) is 53.7 Å². The van der Waals surface area contributed by atoms with Gasteiger partial charge >= 0.3 is 0 Å². The van der Waals surface area contributed by atoms with Gasteiger partial charge in [0.05, 0.1) is 11.2 Å². The fraction of sp³-hybridized carbons (Fsp3) is 0.400. The minimum Gasteiger partial charge on any atom is -0.491 e. The number of nitriles is 1. The number of hydrogen-bond donors (Lipinski definition) is 0. The Hall–Kier alpha value is -2.58. The molecule has 0 amide bonds. The van der Waals surface area contributed by atoms with Crippen LogP contribution in [0.25, 0.3) is 0 Å². The number of pyridine rings is 1. The Morgan fingerprint density at radius 1 is 1.32 bits per heavy atom. The standard InChI is InChI=1S/C20H23N3O2/c1-15-9-10-22-19(18(15)11-21)23-12-17(25-20(2,3)14-23)13-24-16-7-5-4-6-8-16/h4-10,17H,12-14H2,1-3H3. The maximum atomic E-state index is 9.51. The van der Waals surface area contributed by atoms with E-state index in [1.807, 2.05) is 43.3 Å². The molecule has 1 saturated heterocycles. The van der Waals surface area contributed by atoms with Gasteiger partial charge in [0.15, 0.2) is 0 Å². The molecular formula is C20H23N3O2. The molecule has 1 aromatic heterocycles. The molecule has 1 aliphatic heterocycles. The number of anilines is 1. The van der Waals surface area contributed by atoms with Crippen LogP contribution in [-0.2, 0) is 4.74 Å². The fourth-order valence-electron chi connectivity index (χ4n) is 3.17. The summed E-state index contributed by atoms with van der Waals surface area (Å²) in [4.78, 5) is 6.59. The lowest BCUT2D eigenvalue weighted by Crippen LogP contribution is -2.55. The van der Waals surface area contributed by atoms with Crippen LogP contribution in [0.3, 0.4) is 0 Å². The fourth-order valence-corrected chi connectivity index (χ4v) is 3.17. The Morgan fingerprint density at radius 2 is 2.08 bits per heavy atom. The molecule has 0 aliphatic carbocycles. The first kappa shape index (κ1) is 17.2. The molecule has 2 aromatic rings. The quantitative estimate of drug-likeness (QED) is 0.856. The lowest BCUT2D eigenvalue weighted by Gasteiger charge is -2.43. The van der Waals surface area contributed by atoms with E-state index in [0.717, 1.165) is 17.1 Å². The van der Waals surface area contributed by atoms with Gasteiger partial charge < -0.3 is 14.4 Å². The minimum atomic E-state index is -0.346. The molecule has 1 aromatic carbocycles. The molecular weight excluding hydrogens is 314 g/mol. The number of nitrogens with zero attached hydrogens (tertiary/aromatic N) is 3. The van der Waals surface area contributed by atoms with Crippen LogP contribution in [0.1, 0.15) is 25.0 Å². The van der Waals surface area contributed by atoms with E-state index in [-0.39, 0.29) is 11.7 Å². The number of aromatic nitrogens is 1. The van der Waals surface area contributed by atoms with Crippen molar-refractivity contribution in [3.8, 4) is 11.8 Å². The summed E-state index contributed by atoms with van der Waals surface area (Å²) in [6, 6.07) is 13.9. The average molecular weight is 337 g/mol. The third-order valence-electron chi connectivity index (χ3n) is 4.21. The van der Waals surface area contributed by atoms with Gasteiger partial charge in [-0.05, 0) is 44.5 Å². The molecule has 1 fully saturated rings. The number of benzene rings is 1. The molecule has 0 spiro atoms. The van der Waals surface area contributed by atoms with E-state index in [4.69, 9.17) is 9.47 Å². The summed E-state index contributed by atoms with van der Waals surface area (Å²) < 4.78 is 12.0. The van der Waals surface area contributed by atoms with E-state index in [9.17, 15) is 5.26 Å². The highest BCUT2D eigenvalue weighted by molar-refractivity contribution is 5.57. The molecule has 0 radical (unpaired) electrons. The number of morpholine rings is 1. The molecule has 3 rings (SSSR count). The summed E-state index contributed by atoms with van der Waals surface area (Å²) in [5, 5.41) is 9.51. The molecule has 0 saturated carbocycles. The van der Waals surface area contributed by atoms with Crippen molar-refractivity contribution in [2.45, 2.75) is 32.5 Å². The highest BCUT2D eigenvalue weighted by atomic mass is 16.5. The molecule has 1 aliphatic rings. The molecule has 0 bridgehead atoms. The van der Waals surface area contributed by atoms with Crippen LogP contribution in [-0.4, -0.2) is 36.4 Å². The second-order valence-corrected chi connectivity index (χ2v) is 6.94. The van der Waals surface area contributed by atoms with Crippen LogP contribution < -0.4 is 9.64 Å². The number of para-hydroxylation sites is 1. The third-order valence-corrected chi connectivity index (χ3v) is 4.21. The highest BCUT2D eigenvalue weighted by Crippen LogP contribution is 2.28. The predicted octanol–water partition coefficient (Wildman–Crippen LogP) is 3.32. The average Bonchev–Trinajstić information content (AvgIpc) is 2.59. The van der Waals surface area contributed by atoms with Crippen molar-refractivity contribution in [1.82, 2.24) is 4.98 Å². The molecule has 0 N–H and O–H groups in total. The van der Waals surface area contributed by atoms with Crippen molar-refractivity contribution in [1.29, 1.82) is 5.26 Å². The second kappa shape index (κ2) is 7.12. The van der Waals surface area contributed by atoms with Gasteiger partial charge in [-0.15, -0.1) is 0 Å². The van der Waals surface area contributed by atoms with Gasteiger partial charge in [-0.2, -0.15) is 5.26 Å². The van der Waals surface area contributed by atoms with E-state index in [2.05, 4.69) is 29.8 Å². The largest absolute Gasteiger partial charge is 0.491 e. The molecule has 5 nitrogen and oxygen atoms in total. The summed E-state index contributed by atoms with van der Waals surface area (Å²) in [5.74, 6) is 1.55. The number of hydrogen-bond acceptors (Lipinski definition) is 5. The lowest BCUT2D eigenvalue weighted by molar-refractivity contribution is -0.0971. The van der Waals surface area contributed by atoms with Gasteiger partial charge in [0.25, 0.3) is 0 Å². The summed E-state index contributed by atoms with van der Waals surface area (Å²) >= 11 is 0. The Kier molecular flexibility index (Phi) is 4.91. The van der Waals surface area contributed by atoms with Gasteiger partial charge in [-0.1, -0.05) is 18.2 Å². The third kappa shape index (κ3) is 4.09. The molecule has 2 heterocycles.